The highest BCUT2D eigenvalue weighted by atomic mass is 16.6. The minimum Gasteiger partial charge on any atom is -0.462 e. The van der Waals surface area contributed by atoms with Gasteiger partial charge in [0.25, 0.3) is 0 Å². The zero-order chi connectivity index (χ0) is 55.0. The molecular weight excluding hydrogens is 937 g/mol. The van der Waals surface area contributed by atoms with Crippen molar-refractivity contribution in [1.29, 1.82) is 0 Å². The standard InChI is InChI=1S/C70H120O6/c1-4-7-10-13-16-19-22-25-27-29-31-32-33-34-35-36-37-39-40-42-45-48-51-54-57-60-63-69(72)75-66-67(65-74-68(71)62-59-56-53-50-47-44-24-21-18-15-12-9-6-3)76-70(73)64-61-58-55-52-49-46-43-41-38-30-28-26-23-20-17-14-11-8-5-2/h8-9,11-12,17-18,20-21,26,28,38,41,44,46-47,49,67H,4-7,10,13-16,19,22-25,27,29-37,39-40,42-43,45,48,50-66H2,1-3H3/b11-8-,12-9-,20-17-,21-18-,28-26-,41-38-,47-44-,49-46-. The summed E-state index contributed by atoms with van der Waals surface area (Å²) in [5.74, 6) is -0.953. The van der Waals surface area contributed by atoms with Crippen molar-refractivity contribution in [3.63, 3.8) is 0 Å². The van der Waals surface area contributed by atoms with Gasteiger partial charge in [0.2, 0.25) is 0 Å². The van der Waals surface area contributed by atoms with Crippen molar-refractivity contribution in [1.82, 2.24) is 0 Å². The number of esters is 3. The molecule has 1 unspecified atom stereocenters. The quantitative estimate of drug-likeness (QED) is 0.0261. The van der Waals surface area contributed by atoms with Gasteiger partial charge >= 0.3 is 17.9 Å². The van der Waals surface area contributed by atoms with Crippen LogP contribution in [0.3, 0.4) is 0 Å². The molecule has 0 heterocycles. The third-order valence-corrected chi connectivity index (χ3v) is 13.8. The first-order valence-electron chi connectivity index (χ1n) is 32.2. The van der Waals surface area contributed by atoms with Crippen LogP contribution in [0.15, 0.2) is 97.2 Å². The van der Waals surface area contributed by atoms with Crippen molar-refractivity contribution >= 4 is 17.9 Å². The van der Waals surface area contributed by atoms with Crippen LogP contribution in [0.25, 0.3) is 0 Å². The van der Waals surface area contributed by atoms with E-state index in [1.54, 1.807) is 0 Å². The zero-order valence-corrected chi connectivity index (χ0v) is 50.0. The van der Waals surface area contributed by atoms with Gasteiger partial charge in [-0.15, -0.1) is 0 Å². The molecule has 0 spiro atoms. The maximum atomic E-state index is 12.9. The third kappa shape index (κ3) is 61.2. The molecule has 6 nitrogen and oxygen atoms in total. The van der Waals surface area contributed by atoms with E-state index >= 15 is 0 Å². The van der Waals surface area contributed by atoms with Crippen LogP contribution in [0.5, 0.6) is 0 Å². The Morgan fingerprint density at radius 2 is 0.513 bits per heavy atom. The molecule has 0 saturated carbocycles. The van der Waals surface area contributed by atoms with Crippen molar-refractivity contribution in [2.75, 3.05) is 13.2 Å². The van der Waals surface area contributed by atoms with Gasteiger partial charge in [-0.2, -0.15) is 0 Å². The highest BCUT2D eigenvalue weighted by molar-refractivity contribution is 5.71. The maximum absolute atomic E-state index is 12.9. The molecule has 1 atom stereocenters. The summed E-state index contributed by atoms with van der Waals surface area (Å²) in [5.41, 5.74) is 0. The molecule has 0 aliphatic heterocycles. The Balaban J connectivity index is 4.32. The van der Waals surface area contributed by atoms with E-state index in [-0.39, 0.29) is 37.5 Å². The number of hydrogen-bond acceptors (Lipinski definition) is 6. The smallest absolute Gasteiger partial charge is 0.306 e. The SMILES string of the molecule is CC/C=C\C/C=C\C/C=C\C/C=C\C/C=C\CCCCCC(=O)OC(COC(=O)CCCCC/C=C\C/C=C\C/C=C\CC)COC(=O)CCCCCCCCCCCCCCCCCCCCCCCCCCCC. The van der Waals surface area contributed by atoms with Crippen LogP contribution >= 0.6 is 0 Å². The Labute approximate surface area is 470 Å². The summed E-state index contributed by atoms with van der Waals surface area (Å²) in [5, 5.41) is 0. The number of unbranched alkanes of at least 4 members (excludes halogenated alkanes) is 31. The molecule has 0 aromatic heterocycles. The molecule has 436 valence electrons. The van der Waals surface area contributed by atoms with Gasteiger partial charge in [-0.3, -0.25) is 14.4 Å². The molecular formula is C70H120O6. The van der Waals surface area contributed by atoms with Crippen LogP contribution in [0.4, 0.5) is 0 Å². The molecule has 76 heavy (non-hydrogen) atoms. The van der Waals surface area contributed by atoms with Gasteiger partial charge < -0.3 is 14.2 Å². The Morgan fingerprint density at radius 1 is 0.276 bits per heavy atom. The van der Waals surface area contributed by atoms with Crippen molar-refractivity contribution in [2.45, 2.75) is 316 Å². The number of carbonyl (C=O) groups is 3. The average Bonchev–Trinajstić information content (AvgIpc) is 3.42. The van der Waals surface area contributed by atoms with E-state index in [0.29, 0.717) is 12.8 Å². The largest absolute Gasteiger partial charge is 0.462 e. The van der Waals surface area contributed by atoms with E-state index in [2.05, 4.69) is 118 Å². The van der Waals surface area contributed by atoms with E-state index in [9.17, 15) is 14.4 Å². The first-order chi connectivity index (χ1) is 37.5. The fourth-order valence-electron chi connectivity index (χ4n) is 9.07. The molecule has 0 bridgehead atoms. The van der Waals surface area contributed by atoms with Crippen LogP contribution in [-0.2, 0) is 28.6 Å². The molecule has 0 radical (unpaired) electrons. The lowest BCUT2D eigenvalue weighted by atomic mass is 10.0. The van der Waals surface area contributed by atoms with E-state index in [1.807, 2.05) is 0 Å². The predicted molar refractivity (Wildman–Crippen MR) is 330 cm³/mol. The van der Waals surface area contributed by atoms with Gasteiger partial charge in [0.1, 0.15) is 13.2 Å². The second-order valence-electron chi connectivity index (χ2n) is 21.3. The van der Waals surface area contributed by atoms with Crippen LogP contribution in [0, 0.1) is 0 Å². The fourth-order valence-corrected chi connectivity index (χ4v) is 9.07. The molecule has 0 saturated heterocycles. The summed E-state index contributed by atoms with van der Waals surface area (Å²) in [7, 11) is 0. The first kappa shape index (κ1) is 72.3. The van der Waals surface area contributed by atoms with E-state index in [0.717, 1.165) is 122 Å². The Hall–Kier alpha value is -3.67. The van der Waals surface area contributed by atoms with Crippen LogP contribution < -0.4 is 0 Å². The molecule has 0 rings (SSSR count). The topological polar surface area (TPSA) is 78.9 Å². The van der Waals surface area contributed by atoms with Crippen molar-refractivity contribution in [2.24, 2.45) is 0 Å². The molecule has 0 aromatic carbocycles. The number of ether oxygens (including phenoxy) is 3. The highest BCUT2D eigenvalue weighted by Gasteiger charge is 2.19. The summed E-state index contributed by atoms with van der Waals surface area (Å²) in [6, 6.07) is 0. The number of allylic oxidation sites excluding steroid dienone is 16. The number of rotatable bonds is 58. The molecule has 0 aliphatic carbocycles. The lowest BCUT2D eigenvalue weighted by molar-refractivity contribution is -0.167. The first-order valence-corrected chi connectivity index (χ1v) is 32.2. The monoisotopic (exact) mass is 1060 g/mol. The fraction of sp³-hybridized carbons (Fsp3) is 0.729. The summed E-state index contributed by atoms with van der Waals surface area (Å²) in [6.45, 7) is 6.39. The molecule has 6 heteroatoms. The van der Waals surface area contributed by atoms with Crippen molar-refractivity contribution in [3.8, 4) is 0 Å². The van der Waals surface area contributed by atoms with Gasteiger partial charge in [-0.25, -0.2) is 0 Å². The summed E-state index contributed by atoms with van der Waals surface area (Å²) >= 11 is 0. The van der Waals surface area contributed by atoms with Crippen LogP contribution in [0.2, 0.25) is 0 Å². The van der Waals surface area contributed by atoms with Crippen molar-refractivity contribution in [3.05, 3.63) is 97.2 Å². The van der Waals surface area contributed by atoms with Crippen LogP contribution in [-0.4, -0.2) is 37.2 Å². The second kappa shape index (κ2) is 63.9. The molecule has 0 fully saturated rings. The molecule has 0 N–H and O–H groups in total. The molecule has 0 aromatic rings. The summed E-state index contributed by atoms with van der Waals surface area (Å²) in [6.07, 6.45) is 85.8. The summed E-state index contributed by atoms with van der Waals surface area (Å²) < 4.78 is 16.9. The van der Waals surface area contributed by atoms with Gasteiger partial charge in [0, 0.05) is 19.3 Å². The average molecular weight is 1060 g/mol. The Kier molecular flexibility index (Phi) is 60.8. The highest BCUT2D eigenvalue weighted by Crippen LogP contribution is 2.17. The Bertz CT molecular complexity index is 1490. The zero-order valence-electron chi connectivity index (χ0n) is 50.0. The minimum atomic E-state index is -0.808. The van der Waals surface area contributed by atoms with Gasteiger partial charge in [-0.1, -0.05) is 291 Å². The van der Waals surface area contributed by atoms with E-state index in [4.69, 9.17) is 14.2 Å². The van der Waals surface area contributed by atoms with E-state index in [1.165, 1.54) is 148 Å². The normalized spacial score (nSPS) is 12.7. The van der Waals surface area contributed by atoms with E-state index < -0.39 is 6.10 Å². The number of hydrogen-bond donors (Lipinski definition) is 0. The third-order valence-electron chi connectivity index (χ3n) is 13.8. The second-order valence-corrected chi connectivity index (χ2v) is 21.3. The number of carbonyl (C=O) groups excluding carboxylic acids is 3. The molecule has 0 aliphatic rings. The minimum absolute atomic E-state index is 0.0988. The van der Waals surface area contributed by atoms with Gasteiger partial charge in [-0.05, 0) is 96.3 Å². The summed E-state index contributed by atoms with van der Waals surface area (Å²) in [4.78, 5) is 38.3. The van der Waals surface area contributed by atoms with Crippen molar-refractivity contribution < 1.29 is 28.6 Å². The maximum Gasteiger partial charge on any atom is 0.306 e. The predicted octanol–water partition coefficient (Wildman–Crippen LogP) is 22.0. The van der Waals surface area contributed by atoms with Crippen LogP contribution in [0.1, 0.15) is 310 Å². The van der Waals surface area contributed by atoms with Gasteiger partial charge in [0.05, 0.1) is 0 Å². The lowest BCUT2D eigenvalue weighted by Gasteiger charge is -2.18. The molecule has 0 amide bonds. The van der Waals surface area contributed by atoms with Gasteiger partial charge in [0.15, 0.2) is 6.10 Å². The Morgan fingerprint density at radius 3 is 0.803 bits per heavy atom. The lowest BCUT2D eigenvalue weighted by Crippen LogP contribution is -2.30.